The van der Waals surface area contributed by atoms with Crippen LogP contribution >= 0.6 is 11.8 Å². The number of nitrogens with zero attached hydrogens (tertiary/aromatic N) is 3. The SMILES string of the molecule is CCCNc1nc(C)c([N+](=O)[O-])c(NC2CCSCC2)n1. The Morgan fingerprint density at radius 2 is 2.10 bits per heavy atom. The molecule has 116 valence electrons. The van der Waals surface area contributed by atoms with Crippen LogP contribution in [0.1, 0.15) is 31.9 Å². The molecule has 21 heavy (non-hydrogen) atoms. The molecule has 2 rings (SSSR count). The second-order valence-corrected chi connectivity index (χ2v) is 6.27. The zero-order valence-corrected chi connectivity index (χ0v) is 13.2. The minimum atomic E-state index is -0.404. The highest BCUT2D eigenvalue weighted by atomic mass is 32.2. The quantitative estimate of drug-likeness (QED) is 0.616. The van der Waals surface area contributed by atoms with Crippen molar-refractivity contribution < 1.29 is 4.92 Å². The van der Waals surface area contributed by atoms with Gasteiger partial charge in [-0.2, -0.15) is 16.7 Å². The molecule has 1 fully saturated rings. The van der Waals surface area contributed by atoms with Crippen LogP contribution in [0.15, 0.2) is 0 Å². The molecule has 1 aliphatic heterocycles. The van der Waals surface area contributed by atoms with Gasteiger partial charge in [-0.05, 0) is 37.7 Å². The van der Waals surface area contributed by atoms with Crippen LogP contribution < -0.4 is 10.6 Å². The smallest absolute Gasteiger partial charge is 0.332 e. The van der Waals surface area contributed by atoms with Crippen LogP contribution in [0.25, 0.3) is 0 Å². The van der Waals surface area contributed by atoms with Gasteiger partial charge in [-0.15, -0.1) is 0 Å². The van der Waals surface area contributed by atoms with Crippen LogP contribution in [0.5, 0.6) is 0 Å². The van der Waals surface area contributed by atoms with Crippen LogP contribution in [-0.2, 0) is 0 Å². The van der Waals surface area contributed by atoms with Crippen molar-refractivity contribution in [1.82, 2.24) is 9.97 Å². The van der Waals surface area contributed by atoms with Crippen molar-refractivity contribution in [2.75, 3.05) is 28.7 Å². The van der Waals surface area contributed by atoms with E-state index < -0.39 is 4.92 Å². The molecule has 0 saturated carbocycles. The van der Waals surface area contributed by atoms with Crippen molar-refractivity contribution in [3.8, 4) is 0 Å². The summed E-state index contributed by atoms with van der Waals surface area (Å²) in [6.45, 7) is 4.44. The van der Waals surface area contributed by atoms with E-state index in [1.807, 2.05) is 18.7 Å². The first-order valence-electron chi connectivity index (χ1n) is 7.23. The van der Waals surface area contributed by atoms with Gasteiger partial charge in [0.05, 0.1) is 4.92 Å². The average Bonchev–Trinajstić information content (AvgIpc) is 2.45. The maximum atomic E-state index is 11.3. The van der Waals surface area contributed by atoms with Gasteiger partial charge in [0, 0.05) is 12.6 Å². The second kappa shape index (κ2) is 7.44. The van der Waals surface area contributed by atoms with Crippen LogP contribution in [0.3, 0.4) is 0 Å². The zero-order valence-electron chi connectivity index (χ0n) is 12.4. The molecule has 1 aromatic rings. The summed E-state index contributed by atoms with van der Waals surface area (Å²) >= 11 is 1.92. The molecule has 7 nitrogen and oxygen atoms in total. The molecule has 0 aliphatic carbocycles. The summed E-state index contributed by atoms with van der Waals surface area (Å²) in [5.41, 5.74) is 0.372. The Morgan fingerprint density at radius 1 is 1.38 bits per heavy atom. The van der Waals surface area contributed by atoms with Gasteiger partial charge in [-0.3, -0.25) is 10.1 Å². The lowest BCUT2D eigenvalue weighted by Gasteiger charge is -2.23. The Balaban J connectivity index is 2.25. The van der Waals surface area contributed by atoms with Crippen molar-refractivity contribution in [1.29, 1.82) is 0 Å². The zero-order chi connectivity index (χ0) is 15.2. The van der Waals surface area contributed by atoms with E-state index in [0.717, 1.165) is 37.3 Å². The minimum Gasteiger partial charge on any atom is -0.361 e. The van der Waals surface area contributed by atoms with Crippen molar-refractivity contribution in [2.45, 2.75) is 39.2 Å². The molecule has 0 aromatic carbocycles. The van der Waals surface area contributed by atoms with E-state index in [1.165, 1.54) is 0 Å². The summed E-state index contributed by atoms with van der Waals surface area (Å²) in [5, 5.41) is 17.6. The summed E-state index contributed by atoms with van der Waals surface area (Å²) in [5.74, 6) is 2.95. The topological polar surface area (TPSA) is 93.0 Å². The monoisotopic (exact) mass is 311 g/mol. The predicted molar refractivity (Wildman–Crippen MR) is 86.2 cm³/mol. The highest BCUT2D eigenvalue weighted by Crippen LogP contribution is 2.29. The Hall–Kier alpha value is -1.57. The molecule has 2 N–H and O–H groups in total. The number of rotatable bonds is 6. The van der Waals surface area contributed by atoms with E-state index >= 15 is 0 Å². The summed E-state index contributed by atoms with van der Waals surface area (Å²) in [4.78, 5) is 19.3. The second-order valence-electron chi connectivity index (χ2n) is 5.04. The van der Waals surface area contributed by atoms with E-state index in [4.69, 9.17) is 0 Å². The first-order chi connectivity index (χ1) is 10.1. The van der Waals surface area contributed by atoms with E-state index in [-0.39, 0.29) is 11.7 Å². The third kappa shape index (κ3) is 4.20. The maximum Gasteiger partial charge on any atom is 0.332 e. The Morgan fingerprint density at radius 3 is 2.71 bits per heavy atom. The molecule has 2 heterocycles. The highest BCUT2D eigenvalue weighted by molar-refractivity contribution is 7.99. The molecule has 1 aliphatic rings. The van der Waals surface area contributed by atoms with Gasteiger partial charge < -0.3 is 10.6 Å². The predicted octanol–water partition coefficient (Wildman–Crippen LogP) is 2.82. The molecule has 0 spiro atoms. The summed E-state index contributed by atoms with van der Waals surface area (Å²) in [6, 6.07) is 0.248. The molecular formula is C13H21N5O2S. The number of thioether (sulfide) groups is 1. The third-order valence-corrected chi connectivity index (χ3v) is 4.38. The van der Waals surface area contributed by atoms with Crippen molar-refractivity contribution in [3.63, 3.8) is 0 Å². The first-order valence-corrected chi connectivity index (χ1v) is 8.38. The Bertz CT molecular complexity index is 506. The van der Waals surface area contributed by atoms with Crippen molar-refractivity contribution >= 4 is 29.2 Å². The maximum absolute atomic E-state index is 11.3. The van der Waals surface area contributed by atoms with Crippen molar-refractivity contribution in [3.05, 3.63) is 15.8 Å². The molecule has 8 heteroatoms. The summed E-state index contributed by atoms with van der Waals surface area (Å²) in [7, 11) is 0. The minimum absolute atomic E-state index is 0.0183. The van der Waals surface area contributed by atoms with Crippen LogP contribution in [0.2, 0.25) is 0 Å². The highest BCUT2D eigenvalue weighted by Gasteiger charge is 2.24. The van der Waals surface area contributed by atoms with Crippen LogP contribution in [0.4, 0.5) is 17.5 Å². The fraction of sp³-hybridized carbons (Fsp3) is 0.692. The molecule has 0 bridgehead atoms. The fourth-order valence-corrected chi connectivity index (χ4v) is 3.34. The number of anilines is 2. The van der Waals surface area contributed by atoms with Gasteiger partial charge in [0.25, 0.3) is 0 Å². The van der Waals surface area contributed by atoms with E-state index in [1.54, 1.807) is 6.92 Å². The van der Waals surface area contributed by atoms with Gasteiger partial charge in [-0.1, -0.05) is 6.92 Å². The van der Waals surface area contributed by atoms with Gasteiger partial charge in [0.15, 0.2) is 0 Å². The van der Waals surface area contributed by atoms with E-state index in [9.17, 15) is 10.1 Å². The number of aromatic nitrogens is 2. The Labute approximate surface area is 128 Å². The van der Waals surface area contributed by atoms with E-state index in [0.29, 0.717) is 17.5 Å². The first kappa shape index (κ1) is 15.8. The number of nitrogens with one attached hydrogen (secondary N) is 2. The lowest BCUT2D eigenvalue weighted by atomic mass is 10.1. The lowest BCUT2D eigenvalue weighted by Crippen LogP contribution is -2.26. The van der Waals surface area contributed by atoms with Crippen molar-refractivity contribution in [2.24, 2.45) is 0 Å². The third-order valence-electron chi connectivity index (χ3n) is 3.34. The number of nitro groups is 1. The van der Waals surface area contributed by atoms with E-state index in [2.05, 4.69) is 20.6 Å². The number of aryl methyl sites for hydroxylation is 1. The summed E-state index contributed by atoms with van der Waals surface area (Å²) < 4.78 is 0. The standard InChI is InChI=1S/C13H21N5O2S/c1-3-6-14-13-15-9(2)11(18(19)20)12(17-13)16-10-4-7-21-8-5-10/h10H,3-8H2,1-2H3,(H2,14,15,16,17). The normalized spacial score (nSPS) is 15.7. The molecular weight excluding hydrogens is 290 g/mol. The molecule has 1 saturated heterocycles. The van der Waals surface area contributed by atoms with Gasteiger partial charge in [0.1, 0.15) is 5.69 Å². The molecule has 0 amide bonds. The Kier molecular flexibility index (Phi) is 5.60. The lowest BCUT2D eigenvalue weighted by molar-refractivity contribution is -0.385. The van der Waals surface area contributed by atoms with Gasteiger partial charge in [0.2, 0.25) is 11.8 Å². The fourth-order valence-electron chi connectivity index (χ4n) is 2.24. The van der Waals surface area contributed by atoms with Crippen LogP contribution in [-0.4, -0.2) is 39.0 Å². The number of hydrogen-bond acceptors (Lipinski definition) is 7. The summed E-state index contributed by atoms with van der Waals surface area (Å²) in [6.07, 6.45) is 2.95. The molecule has 1 aromatic heterocycles. The average molecular weight is 311 g/mol. The molecule has 0 unspecified atom stereocenters. The number of hydrogen-bond donors (Lipinski definition) is 2. The molecule has 0 radical (unpaired) electrons. The largest absolute Gasteiger partial charge is 0.361 e. The van der Waals surface area contributed by atoms with Gasteiger partial charge in [-0.25, -0.2) is 4.98 Å². The van der Waals surface area contributed by atoms with Crippen LogP contribution in [0, 0.1) is 17.0 Å². The molecule has 0 atom stereocenters. The van der Waals surface area contributed by atoms with Gasteiger partial charge >= 0.3 is 5.69 Å².